The van der Waals surface area contributed by atoms with Gasteiger partial charge in [-0.15, -0.1) is 5.10 Å². The van der Waals surface area contributed by atoms with Crippen LogP contribution >= 0.6 is 11.8 Å². The number of nitrogens with one attached hydrogen (secondary N) is 2. The Balaban J connectivity index is 1.48. The summed E-state index contributed by atoms with van der Waals surface area (Å²) in [6.45, 7) is 4.32. The maximum Gasteiger partial charge on any atom is 0.246 e. The van der Waals surface area contributed by atoms with E-state index in [4.69, 9.17) is 10.5 Å². The van der Waals surface area contributed by atoms with Crippen LogP contribution in [0.3, 0.4) is 0 Å². The molecule has 0 amide bonds. The Bertz CT molecular complexity index is 1170. The summed E-state index contributed by atoms with van der Waals surface area (Å²) in [6.07, 6.45) is 1.88. The summed E-state index contributed by atoms with van der Waals surface area (Å²) in [5.41, 5.74) is 8.90. The lowest BCUT2D eigenvalue weighted by Gasteiger charge is -2.12. The molecule has 0 spiro atoms. The summed E-state index contributed by atoms with van der Waals surface area (Å²) in [7, 11) is 0. The Labute approximate surface area is 184 Å². The zero-order valence-electron chi connectivity index (χ0n) is 17.5. The second-order valence-corrected chi connectivity index (χ2v) is 7.89. The number of aromatic amines is 1. The van der Waals surface area contributed by atoms with Crippen molar-refractivity contribution in [3.63, 3.8) is 0 Å². The monoisotopic (exact) mass is 433 g/mol. The Kier molecular flexibility index (Phi) is 6.03. The van der Waals surface area contributed by atoms with Gasteiger partial charge in [-0.2, -0.15) is 9.97 Å². The molecule has 0 unspecified atom stereocenters. The molecular formula is C22H23N7OS. The second-order valence-electron chi connectivity index (χ2n) is 7.12. The third-order valence-corrected chi connectivity index (χ3v) is 5.10. The average molecular weight is 434 g/mol. The van der Waals surface area contributed by atoms with E-state index in [0.717, 1.165) is 11.3 Å². The van der Waals surface area contributed by atoms with Gasteiger partial charge in [-0.3, -0.25) is 5.10 Å². The number of nitrogens with two attached hydrogens (primary N) is 1. The topological polar surface area (TPSA) is 115 Å². The number of thioether (sulfide) groups is 1. The lowest BCUT2D eigenvalue weighted by atomic mass is 10.0. The molecule has 0 fully saturated rings. The third-order valence-electron chi connectivity index (χ3n) is 4.55. The third kappa shape index (κ3) is 4.95. The number of benzene rings is 2. The van der Waals surface area contributed by atoms with Crippen LogP contribution < -0.4 is 15.8 Å². The van der Waals surface area contributed by atoms with E-state index in [1.807, 2.05) is 48.7 Å². The van der Waals surface area contributed by atoms with Crippen molar-refractivity contribution in [2.75, 3.05) is 17.3 Å². The largest absolute Gasteiger partial charge is 0.439 e. The summed E-state index contributed by atoms with van der Waals surface area (Å²) < 4.78 is 5.81. The van der Waals surface area contributed by atoms with Crippen molar-refractivity contribution in [3.8, 4) is 23.0 Å². The van der Waals surface area contributed by atoms with Crippen LogP contribution in [0.15, 0.2) is 59.8 Å². The van der Waals surface area contributed by atoms with Crippen LogP contribution in [0, 0.1) is 0 Å². The lowest BCUT2D eigenvalue weighted by molar-refractivity contribution is 0.456. The van der Waals surface area contributed by atoms with Crippen LogP contribution in [0.4, 0.5) is 17.5 Å². The first-order valence-electron chi connectivity index (χ1n) is 9.77. The lowest BCUT2D eigenvalue weighted by Crippen LogP contribution is -1.98. The number of anilines is 3. The van der Waals surface area contributed by atoms with Gasteiger partial charge in [0.15, 0.2) is 11.0 Å². The fourth-order valence-electron chi connectivity index (χ4n) is 3.05. The van der Waals surface area contributed by atoms with E-state index in [-0.39, 0.29) is 0 Å². The molecule has 2 aromatic heterocycles. The number of rotatable bonds is 7. The van der Waals surface area contributed by atoms with E-state index in [1.54, 1.807) is 6.07 Å². The van der Waals surface area contributed by atoms with Crippen molar-refractivity contribution in [3.05, 3.63) is 60.2 Å². The Hall–Kier alpha value is -3.59. The summed E-state index contributed by atoms with van der Waals surface area (Å²) in [5.74, 6) is 2.98. The van der Waals surface area contributed by atoms with Crippen LogP contribution in [0.25, 0.3) is 11.4 Å². The fraction of sp³-hybridized carbons (Fsp3) is 0.182. The summed E-state index contributed by atoms with van der Waals surface area (Å²) in [6, 6.07) is 17.2. The molecule has 4 N–H and O–H groups in total. The fourth-order valence-corrected chi connectivity index (χ4v) is 3.43. The van der Waals surface area contributed by atoms with Crippen LogP contribution in [-0.2, 0) is 0 Å². The van der Waals surface area contributed by atoms with Gasteiger partial charge in [0.1, 0.15) is 11.6 Å². The molecule has 0 atom stereocenters. The number of ether oxygens (including phenoxy) is 1. The van der Waals surface area contributed by atoms with Gasteiger partial charge in [0.05, 0.1) is 0 Å². The number of hydrogen-bond donors (Lipinski definition) is 3. The van der Waals surface area contributed by atoms with Gasteiger partial charge >= 0.3 is 0 Å². The first-order valence-corrected chi connectivity index (χ1v) is 11.0. The van der Waals surface area contributed by atoms with Crippen LogP contribution in [0.1, 0.15) is 25.3 Å². The minimum Gasteiger partial charge on any atom is -0.439 e. The van der Waals surface area contributed by atoms with Crippen molar-refractivity contribution in [2.45, 2.75) is 24.9 Å². The summed E-state index contributed by atoms with van der Waals surface area (Å²) in [4.78, 5) is 13.0. The zero-order chi connectivity index (χ0) is 21.8. The van der Waals surface area contributed by atoms with Gasteiger partial charge in [-0.25, -0.2) is 4.98 Å². The standard InChI is InChI=1S/C22H23N7OS/c1-13(2)16-6-4-5-7-17(16)24-21-27-20(28-29-21)14-8-10-15(11-9-14)30-19-12-18(23)25-22(26-19)31-3/h4-13H,1-3H3,(H2,23,25,26)(H2,24,27,28,29). The van der Waals surface area contributed by atoms with E-state index in [9.17, 15) is 0 Å². The molecule has 31 heavy (non-hydrogen) atoms. The first-order chi connectivity index (χ1) is 15.0. The highest BCUT2D eigenvalue weighted by atomic mass is 32.2. The highest BCUT2D eigenvalue weighted by Gasteiger charge is 2.11. The quantitative estimate of drug-likeness (QED) is 0.268. The molecule has 0 saturated carbocycles. The predicted molar refractivity (Wildman–Crippen MR) is 124 cm³/mol. The predicted octanol–water partition coefficient (Wildman–Crippen LogP) is 5.23. The molecular weight excluding hydrogens is 410 g/mol. The molecule has 158 valence electrons. The van der Waals surface area contributed by atoms with Crippen LogP contribution in [0.2, 0.25) is 0 Å². The normalized spacial score (nSPS) is 11.0. The molecule has 0 radical (unpaired) electrons. The van der Waals surface area contributed by atoms with E-state index >= 15 is 0 Å². The molecule has 0 saturated heterocycles. The van der Waals surface area contributed by atoms with Crippen LogP contribution in [0.5, 0.6) is 11.6 Å². The smallest absolute Gasteiger partial charge is 0.246 e. The number of hydrogen-bond acceptors (Lipinski definition) is 8. The molecule has 2 aromatic carbocycles. The van der Waals surface area contributed by atoms with Gasteiger partial charge in [-0.1, -0.05) is 43.8 Å². The first kappa shape index (κ1) is 20.7. The molecule has 8 nitrogen and oxygen atoms in total. The molecule has 9 heteroatoms. The molecule has 0 aliphatic carbocycles. The Morgan fingerprint density at radius 2 is 1.81 bits per heavy atom. The maximum absolute atomic E-state index is 5.81. The molecule has 0 aliphatic heterocycles. The molecule has 2 heterocycles. The number of nitrogen functional groups attached to an aromatic ring is 1. The van der Waals surface area contributed by atoms with E-state index in [2.05, 4.69) is 50.4 Å². The zero-order valence-corrected chi connectivity index (χ0v) is 18.3. The number of nitrogens with zero attached hydrogens (tertiary/aromatic N) is 4. The maximum atomic E-state index is 5.81. The van der Waals surface area contributed by atoms with Crippen molar-refractivity contribution in [2.24, 2.45) is 0 Å². The van der Waals surface area contributed by atoms with E-state index in [1.165, 1.54) is 17.3 Å². The molecule has 0 aliphatic rings. The average Bonchev–Trinajstić information content (AvgIpc) is 3.22. The minimum atomic E-state index is 0.367. The molecule has 4 rings (SSSR count). The highest BCUT2D eigenvalue weighted by Crippen LogP contribution is 2.28. The summed E-state index contributed by atoms with van der Waals surface area (Å²) in [5, 5.41) is 11.1. The molecule has 4 aromatic rings. The van der Waals surface area contributed by atoms with E-state index in [0.29, 0.717) is 40.3 Å². The van der Waals surface area contributed by atoms with Gasteiger partial charge in [0, 0.05) is 17.3 Å². The van der Waals surface area contributed by atoms with Gasteiger partial charge in [-0.05, 0) is 48.1 Å². The Morgan fingerprint density at radius 3 is 2.55 bits per heavy atom. The van der Waals surface area contributed by atoms with Crippen LogP contribution in [-0.4, -0.2) is 31.4 Å². The second kappa shape index (κ2) is 9.05. The number of para-hydroxylation sites is 1. The van der Waals surface area contributed by atoms with Crippen molar-refractivity contribution in [1.82, 2.24) is 25.1 Å². The minimum absolute atomic E-state index is 0.367. The number of aromatic nitrogens is 5. The van der Waals surface area contributed by atoms with Gasteiger partial charge in [0.2, 0.25) is 11.8 Å². The SMILES string of the molecule is CSc1nc(N)cc(Oc2ccc(-c3nc(Nc4ccccc4C(C)C)n[nH]3)cc2)n1. The van der Waals surface area contributed by atoms with Gasteiger partial charge in [0.25, 0.3) is 0 Å². The van der Waals surface area contributed by atoms with Crippen molar-refractivity contribution in [1.29, 1.82) is 0 Å². The molecule has 0 bridgehead atoms. The van der Waals surface area contributed by atoms with Crippen molar-refractivity contribution < 1.29 is 4.74 Å². The van der Waals surface area contributed by atoms with E-state index < -0.39 is 0 Å². The van der Waals surface area contributed by atoms with Gasteiger partial charge < -0.3 is 15.8 Å². The summed E-state index contributed by atoms with van der Waals surface area (Å²) >= 11 is 1.40. The Morgan fingerprint density at radius 1 is 1.03 bits per heavy atom. The highest BCUT2D eigenvalue weighted by molar-refractivity contribution is 7.98. The number of H-pyrrole nitrogens is 1. The van der Waals surface area contributed by atoms with Crippen molar-refractivity contribution >= 4 is 29.2 Å².